The fourth-order valence-corrected chi connectivity index (χ4v) is 2.72. The van der Waals surface area contributed by atoms with Crippen LogP contribution in [-0.2, 0) is 0 Å². The van der Waals surface area contributed by atoms with Crippen LogP contribution in [0.15, 0.2) is 28.7 Å². The Morgan fingerprint density at radius 2 is 2.31 bits per heavy atom. The molecule has 0 amide bonds. The largest absolute Gasteiger partial charge is 0.490 e. The van der Waals surface area contributed by atoms with Gasteiger partial charge in [-0.3, -0.25) is 0 Å². The van der Waals surface area contributed by atoms with E-state index in [1.54, 1.807) is 0 Å². The maximum atomic E-state index is 5.97. The highest BCUT2D eigenvalue weighted by atomic mass is 79.9. The zero-order valence-electron chi connectivity index (χ0n) is 9.58. The lowest BCUT2D eigenvalue weighted by molar-refractivity contribution is 0.204. The molecule has 2 nitrogen and oxygen atoms in total. The number of hydrogen-bond donors (Lipinski definition) is 1. The Bertz CT molecular complexity index is 342. The van der Waals surface area contributed by atoms with Gasteiger partial charge in [0.1, 0.15) is 5.75 Å². The van der Waals surface area contributed by atoms with E-state index in [1.807, 2.05) is 31.3 Å². The van der Waals surface area contributed by atoms with Gasteiger partial charge in [-0.15, -0.1) is 0 Å². The second-order valence-electron chi connectivity index (χ2n) is 4.43. The molecule has 1 aromatic carbocycles. The molecule has 1 aliphatic carbocycles. The van der Waals surface area contributed by atoms with Gasteiger partial charge in [0.25, 0.3) is 0 Å². The van der Waals surface area contributed by atoms with E-state index in [0.717, 1.165) is 22.7 Å². The quantitative estimate of drug-likeness (QED) is 0.916. The van der Waals surface area contributed by atoms with Crippen molar-refractivity contribution < 1.29 is 4.74 Å². The molecular formula is C13H18BrNO. The highest BCUT2D eigenvalue weighted by molar-refractivity contribution is 9.10. The van der Waals surface area contributed by atoms with Gasteiger partial charge in [0, 0.05) is 4.47 Å². The summed E-state index contributed by atoms with van der Waals surface area (Å²) in [5.41, 5.74) is 0. The first-order valence-electron chi connectivity index (χ1n) is 5.84. The molecule has 2 atom stereocenters. The van der Waals surface area contributed by atoms with E-state index in [1.165, 1.54) is 19.3 Å². The van der Waals surface area contributed by atoms with Crippen molar-refractivity contribution in [3.63, 3.8) is 0 Å². The molecule has 1 fully saturated rings. The van der Waals surface area contributed by atoms with Gasteiger partial charge in [0.05, 0.1) is 6.10 Å². The molecule has 1 aliphatic rings. The van der Waals surface area contributed by atoms with Crippen LogP contribution in [0.2, 0.25) is 0 Å². The maximum Gasteiger partial charge on any atom is 0.120 e. The number of ether oxygens (including phenoxy) is 1. The SMILES string of the molecule is CNCC1CCC(Oc2cccc(Br)c2)C1. The lowest BCUT2D eigenvalue weighted by atomic mass is 10.1. The molecule has 0 radical (unpaired) electrons. The summed E-state index contributed by atoms with van der Waals surface area (Å²) in [5, 5.41) is 3.24. The molecule has 1 N–H and O–H groups in total. The zero-order valence-corrected chi connectivity index (χ0v) is 11.2. The van der Waals surface area contributed by atoms with Crippen LogP contribution in [0.1, 0.15) is 19.3 Å². The Labute approximate surface area is 106 Å². The van der Waals surface area contributed by atoms with Crippen LogP contribution < -0.4 is 10.1 Å². The molecule has 16 heavy (non-hydrogen) atoms. The van der Waals surface area contributed by atoms with E-state index in [2.05, 4.69) is 21.2 Å². The summed E-state index contributed by atoms with van der Waals surface area (Å²) in [6, 6.07) is 8.09. The maximum absolute atomic E-state index is 5.97. The van der Waals surface area contributed by atoms with E-state index in [9.17, 15) is 0 Å². The Balaban J connectivity index is 1.87. The van der Waals surface area contributed by atoms with Crippen LogP contribution in [0.5, 0.6) is 5.75 Å². The van der Waals surface area contributed by atoms with E-state index in [0.29, 0.717) is 6.10 Å². The van der Waals surface area contributed by atoms with Gasteiger partial charge < -0.3 is 10.1 Å². The van der Waals surface area contributed by atoms with Crippen LogP contribution in [0.25, 0.3) is 0 Å². The summed E-state index contributed by atoms with van der Waals surface area (Å²) in [7, 11) is 2.02. The molecule has 0 bridgehead atoms. The van der Waals surface area contributed by atoms with Gasteiger partial charge in [-0.05, 0) is 57.0 Å². The molecular weight excluding hydrogens is 266 g/mol. The van der Waals surface area contributed by atoms with Gasteiger partial charge in [-0.2, -0.15) is 0 Å². The highest BCUT2D eigenvalue weighted by Gasteiger charge is 2.25. The number of hydrogen-bond acceptors (Lipinski definition) is 2. The minimum Gasteiger partial charge on any atom is -0.490 e. The number of halogens is 1. The number of nitrogens with one attached hydrogen (secondary N) is 1. The van der Waals surface area contributed by atoms with Crippen LogP contribution in [0, 0.1) is 5.92 Å². The molecule has 1 saturated carbocycles. The topological polar surface area (TPSA) is 21.3 Å². The predicted molar refractivity (Wildman–Crippen MR) is 69.8 cm³/mol. The molecule has 2 unspecified atom stereocenters. The highest BCUT2D eigenvalue weighted by Crippen LogP contribution is 2.29. The molecule has 88 valence electrons. The van der Waals surface area contributed by atoms with Gasteiger partial charge in [0.15, 0.2) is 0 Å². The number of rotatable bonds is 4. The summed E-state index contributed by atoms with van der Waals surface area (Å²) in [6.07, 6.45) is 4.03. The van der Waals surface area contributed by atoms with Crippen molar-refractivity contribution in [1.29, 1.82) is 0 Å². The van der Waals surface area contributed by atoms with E-state index >= 15 is 0 Å². The summed E-state index contributed by atoms with van der Waals surface area (Å²) in [5.74, 6) is 1.76. The molecule has 0 aromatic heterocycles. The molecule has 0 heterocycles. The van der Waals surface area contributed by atoms with Crippen molar-refractivity contribution in [2.75, 3.05) is 13.6 Å². The van der Waals surface area contributed by atoms with Crippen molar-refractivity contribution in [2.24, 2.45) is 5.92 Å². The van der Waals surface area contributed by atoms with Crippen LogP contribution in [0.3, 0.4) is 0 Å². The van der Waals surface area contributed by atoms with Crippen LogP contribution >= 0.6 is 15.9 Å². The molecule has 0 saturated heterocycles. The van der Waals surface area contributed by atoms with Gasteiger partial charge in [-0.1, -0.05) is 22.0 Å². The van der Waals surface area contributed by atoms with Crippen molar-refractivity contribution in [1.82, 2.24) is 5.32 Å². The van der Waals surface area contributed by atoms with E-state index in [-0.39, 0.29) is 0 Å². The Morgan fingerprint density at radius 1 is 1.44 bits per heavy atom. The average molecular weight is 284 g/mol. The third kappa shape index (κ3) is 3.22. The van der Waals surface area contributed by atoms with Gasteiger partial charge in [-0.25, -0.2) is 0 Å². The standard InChI is InChI=1S/C13H18BrNO/c1-15-9-10-5-6-13(7-10)16-12-4-2-3-11(14)8-12/h2-4,8,10,13,15H,5-7,9H2,1H3. The minimum atomic E-state index is 0.396. The van der Waals surface area contributed by atoms with E-state index in [4.69, 9.17) is 4.74 Å². The lowest BCUT2D eigenvalue weighted by Gasteiger charge is -2.14. The fraction of sp³-hybridized carbons (Fsp3) is 0.538. The Morgan fingerprint density at radius 3 is 3.06 bits per heavy atom. The lowest BCUT2D eigenvalue weighted by Crippen LogP contribution is -2.18. The molecule has 0 spiro atoms. The van der Waals surface area contributed by atoms with Gasteiger partial charge in [0.2, 0.25) is 0 Å². The predicted octanol–water partition coefficient (Wildman–Crippen LogP) is 3.22. The minimum absolute atomic E-state index is 0.396. The van der Waals surface area contributed by atoms with E-state index < -0.39 is 0 Å². The Hall–Kier alpha value is -0.540. The second-order valence-corrected chi connectivity index (χ2v) is 5.35. The normalized spacial score (nSPS) is 24.6. The van der Waals surface area contributed by atoms with Crippen LogP contribution in [0.4, 0.5) is 0 Å². The first kappa shape index (κ1) is 11.9. The number of benzene rings is 1. The summed E-state index contributed by atoms with van der Waals surface area (Å²) in [6.45, 7) is 1.11. The first-order valence-corrected chi connectivity index (χ1v) is 6.64. The monoisotopic (exact) mass is 283 g/mol. The van der Waals surface area contributed by atoms with Crippen molar-refractivity contribution in [3.05, 3.63) is 28.7 Å². The molecule has 2 rings (SSSR count). The average Bonchev–Trinajstić information content (AvgIpc) is 2.66. The van der Waals surface area contributed by atoms with Crippen LogP contribution in [-0.4, -0.2) is 19.7 Å². The van der Waals surface area contributed by atoms with Gasteiger partial charge >= 0.3 is 0 Å². The third-order valence-electron chi connectivity index (χ3n) is 3.08. The second kappa shape index (κ2) is 5.69. The summed E-state index contributed by atoms with van der Waals surface area (Å²) < 4.78 is 7.05. The molecule has 1 aromatic rings. The zero-order chi connectivity index (χ0) is 11.4. The van der Waals surface area contributed by atoms with Crippen molar-refractivity contribution >= 4 is 15.9 Å². The van der Waals surface area contributed by atoms with Crippen molar-refractivity contribution in [3.8, 4) is 5.75 Å². The van der Waals surface area contributed by atoms with Crippen molar-refractivity contribution in [2.45, 2.75) is 25.4 Å². The summed E-state index contributed by atoms with van der Waals surface area (Å²) in [4.78, 5) is 0. The Kier molecular flexibility index (Phi) is 4.24. The third-order valence-corrected chi connectivity index (χ3v) is 3.58. The summed E-state index contributed by atoms with van der Waals surface area (Å²) >= 11 is 3.46. The smallest absolute Gasteiger partial charge is 0.120 e. The molecule has 3 heteroatoms. The molecule has 0 aliphatic heterocycles. The fourth-order valence-electron chi connectivity index (χ4n) is 2.34. The first-order chi connectivity index (χ1) is 7.78.